The number of hydrogen-bond donors (Lipinski definition) is 1. The number of anilines is 1. The lowest BCUT2D eigenvalue weighted by atomic mass is 10.2. The molecule has 2 aromatic heterocycles. The summed E-state index contributed by atoms with van der Waals surface area (Å²) < 4.78 is 12.8. The van der Waals surface area contributed by atoms with Crippen LogP contribution in [0.4, 0.5) is 5.82 Å². The molecular weight excluding hydrogens is 472 g/mol. The second-order valence-corrected chi connectivity index (χ2v) is 9.66. The van der Waals surface area contributed by atoms with Gasteiger partial charge in [0.05, 0.1) is 10.5 Å². The molecule has 174 valence electrons. The molecule has 1 fully saturated rings. The van der Waals surface area contributed by atoms with Crippen LogP contribution < -0.4 is 20.3 Å². The lowest BCUT2D eigenvalue weighted by Crippen LogP contribution is -2.28. The van der Waals surface area contributed by atoms with Gasteiger partial charge in [-0.05, 0) is 48.7 Å². The second kappa shape index (κ2) is 9.11. The smallest absolute Gasteiger partial charge is 0.267 e. The summed E-state index contributed by atoms with van der Waals surface area (Å²) in [6.45, 7) is 5.05. The Labute approximate surface area is 205 Å². The molecule has 3 aromatic rings. The van der Waals surface area contributed by atoms with E-state index in [1.807, 2.05) is 38.1 Å². The lowest BCUT2D eigenvalue weighted by Gasteiger charge is -2.13. The molecule has 8 nitrogen and oxygen atoms in total. The third-order valence-corrected chi connectivity index (χ3v) is 6.88. The third-order valence-electron chi connectivity index (χ3n) is 5.50. The first kappa shape index (κ1) is 22.4. The molecule has 10 heteroatoms. The molecule has 0 atom stereocenters. The van der Waals surface area contributed by atoms with Crippen LogP contribution in [0.3, 0.4) is 0 Å². The maximum atomic E-state index is 13.5. The first-order valence-electron chi connectivity index (χ1n) is 10.9. The van der Waals surface area contributed by atoms with Crippen molar-refractivity contribution in [3.63, 3.8) is 0 Å². The number of hydrogen-bond acceptors (Lipinski definition) is 8. The fraction of sp³-hybridized carbons (Fsp3) is 0.250. The molecule has 0 aliphatic carbocycles. The van der Waals surface area contributed by atoms with Gasteiger partial charge in [-0.3, -0.25) is 18.9 Å². The number of amides is 1. The summed E-state index contributed by atoms with van der Waals surface area (Å²) in [5.74, 6) is 1.59. The highest BCUT2D eigenvalue weighted by molar-refractivity contribution is 8.26. The van der Waals surface area contributed by atoms with E-state index in [9.17, 15) is 9.59 Å². The summed E-state index contributed by atoms with van der Waals surface area (Å²) in [6, 6.07) is 9.37. The van der Waals surface area contributed by atoms with E-state index in [0.29, 0.717) is 50.8 Å². The van der Waals surface area contributed by atoms with Crippen molar-refractivity contribution in [2.45, 2.75) is 26.8 Å². The zero-order valence-corrected chi connectivity index (χ0v) is 20.3. The van der Waals surface area contributed by atoms with E-state index in [4.69, 9.17) is 26.7 Å². The molecule has 0 saturated carbocycles. The van der Waals surface area contributed by atoms with Gasteiger partial charge in [-0.25, -0.2) is 4.98 Å². The summed E-state index contributed by atoms with van der Waals surface area (Å²) >= 11 is 6.59. The average molecular weight is 495 g/mol. The van der Waals surface area contributed by atoms with Gasteiger partial charge in [0, 0.05) is 19.3 Å². The maximum Gasteiger partial charge on any atom is 0.267 e. The molecule has 34 heavy (non-hydrogen) atoms. The molecule has 0 unspecified atom stereocenters. The van der Waals surface area contributed by atoms with E-state index >= 15 is 0 Å². The van der Waals surface area contributed by atoms with Crippen molar-refractivity contribution in [3.05, 3.63) is 68.5 Å². The van der Waals surface area contributed by atoms with E-state index in [0.717, 1.165) is 17.5 Å². The van der Waals surface area contributed by atoms with Crippen molar-refractivity contribution in [1.29, 1.82) is 0 Å². The van der Waals surface area contributed by atoms with E-state index in [2.05, 4.69) is 5.32 Å². The minimum atomic E-state index is -0.261. The van der Waals surface area contributed by atoms with Gasteiger partial charge >= 0.3 is 0 Å². The van der Waals surface area contributed by atoms with Crippen LogP contribution in [-0.2, 0) is 11.3 Å². The Balaban J connectivity index is 1.55. The van der Waals surface area contributed by atoms with Crippen LogP contribution in [-0.4, -0.2) is 37.8 Å². The molecule has 5 rings (SSSR count). The van der Waals surface area contributed by atoms with Crippen LogP contribution in [0.25, 0.3) is 11.7 Å². The number of aryl methyl sites for hydroxylation is 1. The summed E-state index contributed by atoms with van der Waals surface area (Å²) in [6.07, 6.45) is 4.13. The molecular formula is C24H22N4O4S2. The summed E-state index contributed by atoms with van der Waals surface area (Å²) in [7, 11) is 0. The highest BCUT2D eigenvalue weighted by Crippen LogP contribution is 2.34. The van der Waals surface area contributed by atoms with E-state index in [1.54, 1.807) is 23.2 Å². The zero-order valence-electron chi connectivity index (χ0n) is 18.7. The Morgan fingerprint density at radius 1 is 1.21 bits per heavy atom. The van der Waals surface area contributed by atoms with Gasteiger partial charge in [0.15, 0.2) is 11.5 Å². The van der Waals surface area contributed by atoms with Crippen LogP contribution >= 0.6 is 24.0 Å². The number of pyridine rings is 1. The van der Waals surface area contributed by atoms with Gasteiger partial charge in [0.2, 0.25) is 6.79 Å². The number of benzene rings is 1. The number of carbonyl (C=O) groups is 1. The molecule has 1 aromatic carbocycles. The summed E-state index contributed by atoms with van der Waals surface area (Å²) in [4.78, 5) is 33.1. The molecule has 1 saturated heterocycles. The molecule has 1 N–H and O–H groups in total. The van der Waals surface area contributed by atoms with Crippen molar-refractivity contribution in [2.24, 2.45) is 0 Å². The Morgan fingerprint density at radius 2 is 2.03 bits per heavy atom. The molecule has 1 amide bonds. The SMILES string of the molecule is CCCN1C(=O)C(=Cc2c(NCc3ccc4c(c3)OCO4)nc3ccc(C)cn3c2=O)SC1=S. The predicted octanol–water partition coefficient (Wildman–Crippen LogP) is 3.95. The normalized spacial score (nSPS) is 16.2. The molecule has 0 spiro atoms. The van der Waals surface area contributed by atoms with Gasteiger partial charge < -0.3 is 14.8 Å². The van der Waals surface area contributed by atoms with Crippen LogP contribution in [0.15, 0.2) is 46.2 Å². The fourth-order valence-electron chi connectivity index (χ4n) is 3.81. The fourth-order valence-corrected chi connectivity index (χ4v) is 5.10. The molecule has 2 aliphatic rings. The van der Waals surface area contributed by atoms with Gasteiger partial charge in [-0.15, -0.1) is 0 Å². The van der Waals surface area contributed by atoms with Gasteiger partial charge in [0.25, 0.3) is 11.5 Å². The highest BCUT2D eigenvalue weighted by Gasteiger charge is 2.32. The maximum absolute atomic E-state index is 13.5. The van der Waals surface area contributed by atoms with Crippen molar-refractivity contribution < 1.29 is 14.3 Å². The van der Waals surface area contributed by atoms with Crippen LogP contribution in [0.1, 0.15) is 30.0 Å². The van der Waals surface area contributed by atoms with Crippen molar-refractivity contribution >= 4 is 51.7 Å². The van der Waals surface area contributed by atoms with E-state index in [1.165, 1.54) is 16.2 Å². The van der Waals surface area contributed by atoms with E-state index in [-0.39, 0.29) is 18.3 Å². The number of thioether (sulfide) groups is 1. The number of carbonyl (C=O) groups excluding carboxylic acids is 1. The first-order valence-corrected chi connectivity index (χ1v) is 12.1. The molecule has 0 bridgehead atoms. The minimum absolute atomic E-state index is 0.188. The Bertz CT molecular complexity index is 1420. The Morgan fingerprint density at radius 3 is 2.85 bits per heavy atom. The largest absolute Gasteiger partial charge is 0.454 e. The van der Waals surface area contributed by atoms with Gasteiger partial charge in [-0.1, -0.05) is 43.0 Å². The topological polar surface area (TPSA) is 85.2 Å². The lowest BCUT2D eigenvalue weighted by molar-refractivity contribution is -0.122. The number of rotatable bonds is 6. The quantitative estimate of drug-likeness (QED) is 0.407. The second-order valence-electron chi connectivity index (χ2n) is 7.99. The molecule has 0 radical (unpaired) electrons. The number of fused-ring (bicyclic) bond motifs is 2. The van der Waals surface area contributed by atoms with Crippen molar-refractivity contribution in [2.75, 3.05) is 18.7 Å². The predicted molar refractivity (Wildman–Crippen MR) is 136 cm³/mol. The third kappa shape index (κ3) is 4.14. The van der Waals surface area contributed by atoms with Crippen molar-refractivity contribution in [1.82, 2.24) is 14.3 Å². The van der Waals surface area contributed by atoms with Gasteiger partial charge in [0.1, 0.15) is 15.8 Å². The zero-order chi connectivity index (χ0) is 23.8. The number of aromatic nitrogens is 2. The molecule has 2 aliphatic heterocycles. The Kier molecular flexibility index (Phi) is 6.01. The monoisotopic (exact) mass is 494 g/mol. The van der Waals surface area contributed by atoms with Crippen molar-refractivity contribution in [3.8, 4) is 11.5 Å². The minimum Gasteiger partial charge on any atom is -0.454 e. The highest BCUT2D eigenvalue weighted by atomic mass is 32.2. The number of nitrogens with zero attached hydrogens (tertiary/aromatic N) is 3. The molecule has 4 heterocycles. The summed E-state index contributed by atoms with van der Waals surface area (Å²) in [5, 5.41) is 3.27. The summed E-state index contributed by atoms with van der Waals surface area (Å²) in [5.41, 5.74) is 2.43. The standard InChI is InChI=1S/C24H22N4O4S2/c1-3-8-27-23(30)19(34-24(27)33)10-16-21(26-20-7-4-14(2)12-28(20)22(16)29)25-11-15-5-6-17-18(9-15)32-13-31-17/h4-7,9-10,12,25H,3,8,11,13H2,1-2H3. The average Bonchev–Trinajstić information content (AvgIpc) is 3.40. The number of ether oxygens (including phenoxy) is 2. The van der Waals surface area contributed by atoms with E-state index < -0.39 is 0 Å². The number of nitrogens with one attached hydrogen (secondary N) is 1. The van der Waals surface area contributed by atoms with Crippen LogP contribution in [0.2, 0.25) is 0 Å². The first-order chi connectivity index (χ1) is 16.4. The van der Waals surface area contributed by atoms with Crippen LogP contribution in [0.5, 0.6) is 11.5 Å². The number of thiocarbonyl (C=S) groups is 1. The Hall–Kier alpha value is -3.37. The van der Waals surface area contributed by atoms with Gasteiger partial charge in [-0.2, -0.15) is 0 Å². The van der Waals surface area contributed by atoms with Crippen LogP contribution in [0, 0.1) is 6.92 Å².